The molecule has 7 nitrogen and oxygen atoms in total. The second-order valence-electron chi connectivity index (χ2n) is 8.90. The van der Waals surface area contributed by atoms with Crippen molar-refractivity contribution in [3.63, 3.8) is 0 Å². The van der Waals surface area contributed by atoms with Gasteiger partial charge in [0.15, 0.2) is 0 Å². The lowest BCUT2D eigenvalue weighted by molar-refractivity contribution is -0.197. The third-order valence-electron chi connectivity index (χ3n) is 6.52. The fourth-order valence-corrected chi connectivity index (χ4v) is 7.61. The van der Waals surface area contributed by atoms with Gasteiger partial charge in [-0.05, 0) is 24.3 Å². The normalized spacial score (nSPS) is 16.4. The minimum atomic E-state index is -0.621. The van der Waals surface area contributed by atoms with Crippen molar-refractivity contribution in [1.82, 2.24) is 9.63 Å². The maximum atomic E-state index is 13.9. The number of hydrogen-bond acceptors (Lipinski definition) is 7. The summed E-state index contributed by atoms with van der Waals surface area (Å²) in [6.07, 6.45) is 0.165. The lowest BCUT2D eigenvalue weighted by atomic mass is 10.1. The zero-order valence-electron chi connectivity index (χ0n) is 20.2. The molecule has 0 N–H and O–H groups in total. The summed E-state index contributed by atoms with van der Waals surface area (Å²) in [7, 11) is 0. The number of nitrogens with zero attached hydrogens (tertiary/aromatic N) is 2. The van der Waals surface area contributed by atoms with Crippen LogP contribution in [0, 0.1) is 0 Å². The predicted molar refractivity (Wildman–Crippen MR) is 146 cm³/mol. The number of rotatable bonds is 6. The topological polar surface area (TPSA) is 85.7 Å². The fourth-order valence-electron chi connectivity index (χ4n) is 4.80. The van der Waals surface area contributed by atoms with Gasteiger partial charge < -0.3 is 4.84 Å². The third-order valence-corrected chi connectivity index (χ3v) is 9.26. The Morgan fingerprint density at radius 1 is 0.895 bits per heavy atom. The summed E-state index contributed by atoms with van der Waals surface area (Å²) in [4.78, 5) is 55.9. The number of hydroxylamine groups is 2. The Hall–Kier alpha value is -3.82. The van der Waals surface area contributed by atoms with Crippen LogP contribution in [0.4, 0.5) is 0 Å². The molecule has 2 aliphatic rings. The van der Waals surface area contributed by atoms with Gasteiger partial charge in [-0.15, -0.1) is 28.6 Å². The molecule has 1 fully saturated rings. The Morgan fingerprint density at radius 3 is 2.37 bits per heavy atom. The molecule has 2 amide bonds. The van der Waals surface area contributed by atoms with E-state index in [2.05, 4.69) is 0 Å². The SMILES string of the molecule is O=C(CCSC1Sc2ccccc2-c2c1c1ccccc1n2C(=O)c1ccccc1)ON1C(=O)CCC1=O. The van der Waals surface area contributed by atoms with Crippen LogP contribution < -0.4 is 0 Å². The van der Waals surface area contributed by atoms with Gasteiger partial charge in [0.2, 0.25) is 0 Å². The van der Waals surface area contributed by atoms with Gasteiger partial charge in [0.1, 0.15) is 0 Å². The van der Waals surface area contributed by atoms with Crippen LogP contribution in [0.2, 0.25) is 0 Å². The molecule has 1 atom stereocenters. The van der Waals surface area contributed by atoms with Crippen molar-refractivity contribution in [3.05, 3.63) is 90.0 Å². The van der Waals surface area contributed by atoms with Crippen molar-refractivity contribution in [3.8, 4) is 11.3 Å². The fraction of sp³-hybridized carbons (Fsp3) is 0.172. The van der Waals surface area contributed by atoms with Crippen LogP contribution in [0.1, 0.15) is 39.8 Å². The van der Waals surface area contributed by atoms with E-state index in [9.17, 15) is 19.2 Å². The molecular formula is C29H22N2O5S2. The Bertz CT molecular complexity index is 1580. The van der Waals surface area contributed by atoms with E-state index in [1.165, 1.54) is 0 Å². The van der Waals surface area contributed by atoms with E-state index in [0.29, 0.717) is 16.4 Å². The average Bonchev–Trinajstić information content (AvgIpc) is 3.46. The third kappa shape index (κ3) is 4.31. The first kappa shape index (κ1) is 24.5. The number of benzene rings is 3. The second kappa shape index (κ2) is 10.2. The summed E-state index contributed by atoms with van der Waals surface area (Å²) < 4.78 is 1.72. The van der Waals surface area contributed by atoms with Crippen LogP contribution in [-0.2, 0) is 19.2 Å². The van der Waals surface area contributed by atoms with Gasteiger partial charge in [0.05, 0.1) is 22.2 Å². The lowest BCUT2D eigenvalue weighted by Gasteiger charge is -2.26. The smallest absolute Gasteiger partial charge is 0.330 e. The number of amides is 2. The van der Waals surface area contributed by atoms with E-state index in [1.54, 1.807) is 23.5 Å². The first-order valence-corrected chi connectivity index (χ1v) is 14.1. The predicted octanol–water partition coefficient (Wildman–Crippen LogP) is 5.83. The van der Waals surface area contributed by atoms with E-state index in [-0.39, 0.29) is 29.8 Å². The number of imide groups is 1. The van der Waals surface area contributed by atoms with E-state index < -0.39 is 17.8 Å². The highest BCUT2D eigenvalue weighted by atomic mass is 32.2. The summed E-state index contributed by atoms with van der Waals surface area (Å²) in [6, 6.07) is 25.2. The number of para-hydroxylation sites is 1. The summed E-state index contributed by atoms with van der Waals surface area (Å²) in [5, 5.41) is 1.57. The van der Waals surface area contributed by atoms with Crippen LogP contribution >= 0.6 is 23.5 Å². The molecular weight excluding hydrogens is 520 g/mol. The van der Waals surface area contributed by atoms with E-state index in [0.717, 1.165) is 32.6 Å². The van der Waals surface area contributed by atoms with Gasteiger partial charge in [-0.25, -0.2) is 4.79 Å². The average molecular weight is 543 g/mol. The maximum absolute atomic E-state index is 13.9. The molecule has 1 unspecified atom stereocenters. The van der Waals surface area contributed by atoms with Crippen LogP contribution in [-0.4, -0.2) is 39.1 Å². The zero-order valence-corrected chi connectivity index (χ0v) is 21.8. The molecule has 38 heavy (non-hydrogen) atoms. The first-order valence-electron chi connectivity index (χ1n) is 12.2. The second-order valence-corrected chi connectivity index (χ2v) is 11.6. The summed E-state index contributed by atoms with van der Waals surface area (Å²) >= 11 is 3.26. The quantitative estimate of drug-likeness (QED) is 0.283. The molecule has 0 bridgehead atoms. The highest BCUT2D eigenvalue weighted by Crippen LogP contribution is 2.56. The molecule has 0 spiro atoms. The van der Waals surface area contributed by atoms with Gasteiger partial charge in [-0.3, -0.25) is 19.0 Å². The van der Waals surface area contributed by atoms with Crippen molar-refractivity contribution < 1.29 is 24.0 Å². The highest BCUT2D eigenvalue weighted by molar-refractivity contribution is 8.16. The standard InChI is InChI=1S/C29H22N2O5S2/c32-23-14-15-24(33)31(23)36-25(34)16-17-37-29-26-19-10-4-6-12-21(19)30(28(35)18-8-2-1-3-9-18)27(26)20-11-5-7-13-22(20)38-29/h1-13,29H,14-17H2. The van der Waals surface area contributed by atoms with Crippen molar-refractivity contribution in [2.45, 2.75) is 28.7 Å². The van der Waals surface area contributed by atoms with Crippen molar-refractivity contribution in [2.75, 3.05) is 5.75 Å². The molecule has 0 saturated carbocycles. The van der Waals surface area contributed by atoms with Gasteiger partial charge in [-0.1, -0.05) is 54.6 Å². The Labute approximate surface area is 227 Å². The molecule has 1 saturated heterocycles. The van der Waals surface area contributed by atoms with E-state index in [4.69, 9.17) is 4.84 Å². The maximum Gasteiger partial charge on any atom is 0.334 e. The Morgan fingerprint density at radius 2 is 1.58 bits per heavy atom. The molecule has 2 aliphatic heterocycles. The van der Waals surface area contributed by atoms with E-state index >= 15 is 0 Å². The molecule has 0 aliphatic carbocycles. The summed E-state index contributed by atoms with van der Waals surface area (Å²) in [5.74, 6) is -1.28. The number of aromatic nitrogens is 1. The lowest BCUT2D eigenvalue weighted by Crippen LogP contribution is -2.32. The minimum absolute atomic E-state index is 0.0390. The van der Waals surface area contributed by atoms with Crippen molar-refractivity contribution in [2.24, 2.45) is 0 Å². The molecule has 9 heteroatoms. The number of hydrogen-bond donors (Lipinski definition) is 0. The highest BCUT2D eigenvalue weighted by Gasteiger charge is 2.35. The Balaban J connectivity index is 1.34. The van der Waals surface area contributed by atoms with Crippen molar-refractivity contribution >= 4 is 58.1 Å². The molecule has 4 aromatic rings. The minimum Gasteiger partial charge on any atom is -0.330 e. The largest absolute Gasteiger partial charge is 0.334 e. The Kier molecular flexibility index (Phi) is 6.55. The molecule has 3 heterocycles. The molecule has 0 radical (unpaired) electrons. The zero-order chi connectivity index (χ0) is 26.2. The van der Waals surface area contributed by atoms with Gasteiger partial charge in [0.25, 0.3) is 17.7 Å². The molecule has 1 aromatic heterocycles. The summed E-state index contributed by atoms with van der Waals surface area (Å²) in [6.45, 7) is 0. The van der Waals surface area contributed by atoms with Crippen LogP contribution in [0.3, 0.4) is 0 Å². The van der Waals surface area contributed by atoms with Gasteiger partial charge >= 0.3 is 5.97 Å². The molecule has 6 rings (SSSR count). The monoisotopic (exact) mass is 542 g/mol. The number of carbonyl (C=O) groups is 4. The van der Waals surface area contributed by atoms with Gasteiger partial charge in [0, 0.05) is 45.6 Å². The van der Waals surface area contributed by atoms with Crippen LogP contribution in [0.15, 0.2) is 83.8 Å². The number of thioether (sulfide) groups is 2. The van der Waals surface area contributed by atoms with E-state index in [1.807, 2.05) is 83.4 Å². The van der Waals surface area contributed by atoms with Crippen molar-refractivity contribution in [1.29, 1.82) is 0 Å². The van der Waals surface area contributed by atoms with Gasteiger partial charge in [-0.2, -0.15) is 0 Å². The summed E-state index contributed by atoms with van der Waals surface area (Å²) in [5.41, 5.74) is 4.33. The molecule has 190 valence electrons. The van der Waals surface area contributed by atoms with Crippen LogP contribution in [0.25, 0.3) is 22.2 Å². The number of fused-ring (bicyclic) bond motifs is 5. The molecule has 3 aromatic carbocycles. The first-order chi connectivity index (χ1) is 18.5. The van der Waals surface area contributed by atoms with Crippen LogP contribution in [0.5, 0.6) is 0 Å². The number of carbonyl (C=O) groups excluding carboxylic acids is 4.